The summed E-state index contributed by atoms with van der Waals surface area (Å²) in [4.78, 5) is 10.7. The molecule has 0 bridgehead atoms. The highest BCUT2D eigenvalue weighted by Gasteiger charge is 2.44. The molecule has 0 saturated heterocycles. The Hall–Kier alpha value is -1.51. The number of carboxylic acid groups (broad SMARTS) is 1. The van der Waals surface area contributed by atoms with Gasteiger partial charge in [0.1, 0.15) is 5.75 Å². The second-order valence-electron chi connectivity index (χ2n) is 3.56. The minimum Gasteiger partial charge on any atom is -0.497 e. The Morgan fingerprint density at radius 1 is 1.57 bits per heavy atom. The zero-order valence-electron chi connectivity index (χ0n) is 7.93. The molecule has 1 saturated carbocycles. The van der Waals surface area contributed by atoms with Crippen molar-refractivity contribution in [1.82, 2.24) is 0 Å². The van der Waals surface area contributed by atoms with Crippen molar-refractivity contribution in [2.24, 2.45) is 5.92 Å². The number of hydrogen-bond acceptors (Lipinski definition) is 2. The smallest absolute Gasteiger partial charge is 0.307 e. The van der Waals surface area contributed by atoms with Crippen LogP contribution in [0.2, 0.25) is 0 Å². The molecule has 0 amide bonds. The molecule has 3 nitrogen and oxygen atoms in total. The zero-order chi connectivity index (χ0) is 10.1. The van der Waals surface area contributed by atoms with E-state index in [4.69, 9.17) is 9.84 Å². The summed E-state index contributed by atoms with van der Waals surface area (Å²) in [6.45, 7) is 0. The normalized spacial score (nSPS) is 24.4. The van der Waals surface area contributed by atoms with Crippen molar-refractivity contribution in [3.05, 3.63) is 29.8 Å². The van der Waals surface area contributed by atoms with Gasteiger partial charge in [0.05, 0.1) is 13.0 Å². The molecule has 1 fully saturated rings. The quantitative estimate of drug-likeness (QED) is 0.795. The lowest BCUT2D eigenvalue weighted by molar-refractivity contribution is -0.138. The molecule has 2 rings (SSSR count). The SMILES string of the molecule is COc1cccc(C2C[C@H]2C(=O)O)c1. The van der Waals surface area contributed by atoms with Crippen LogP contribution < -0.4 is 4.74 Å². The maximum Gasteiger partial charge on any atom is 0.307 e. The maximum atomic E-state index is 10.7. The number of carboxylic acids is 1. The second-order valence-corrected chi connectivity index (χ2v) is 3.56. The zero-order valence-corrected chi connectivity index (χ0v) is 7.93. The van der Waals surface area contributed by atoms with Crippen LogP contribution >= 0.6 is 0 Å². The van der Waals surface area contributed by atoms with Gasteiger partial charge in [0, 0.05) is 0 Å². The van der Waals surface area contributed by atoms with Crippen LogP contribution in [-0.2, 0) is 4.79 Å². The summed E-state index contributed by atoms with van der Waals surface area (Å²) >= 11 is 0. The highest BCUT2D eigenvalue weighted by Crippen LogP contribution is 2.48. The number of carbonyl (C=O) groups is 1. The van der Waals surface area contributed by atoms with E-state index in [1.54, 1.807) is 7.11 Å². The first-order valence-electron chi connectivity index (χ1n) is 4.59. The first-order valence-corrected chi connectivity index (χ1v) is 4.59. The van der Waals surface area contributed by atoms with Gasteiger partial charge in [-0.05, 0) is 30.0 Å². The molecule has 1 unspecified atom stereocenters. The summed E-state index contributed by atoms with van der Waals surface area (Å²) in [6, 6.07) is 7.62. The van der Waals surface area contributed by atoms with E-state index in [1.165, 1.54) is 0 Å². The molecule has 74 valence electrons. The minimum atomic E-state index is -0.696. The van der Waals surface area contributed by atoms with Gasteiger partial charge in [-0.1, -0.05) is 12.1 Å². The average Bonchev–Trinajstić information content (AvgIpc) is 2.97. The first-order chi connectivity index (χ1) is 6.72. The summed E-state index contributed by atoms with van der Waals surface area (Å²) in [6.07, 6.45) is 0.752. The maximum absolute atomic E-state index is 10.7. The largest absolute Gasteiger partial charge is 0.497 e. The van der Waals surface area contributed by atoms with Crippen LogP contribution in [0.3, 0.4) is 0 Å². The number of methoxy groups -OCH3 is 1. The van der Waals surface area contributed by atoms with Gasteiger partial charge in [-0.15, -0.1) is 0 Å². The van der Waals surface area contributed by atoms with Crippen LogP contribution in [0.15, 0.2) is 24.3 Å². The van der Waals surface area contributed by atoms with E-state index in [1.807, 2.05) is 24.3 Å². The van der Waals surface area contributed by atoms with Crippen LogP contribution in [0, 0.1) is 5.92 Å². The number of benzene rings is 1. The van der Waals surface area contributed by atoms with Crippen molar-refractivity contribution < 1.29 is 14.6 Å². The van der Waals surface area contributed by atoms with Gasteiger partial charge in [0.2, 0.25) is 0 Å². The number of aliphatic carboxylic acids is 1. The monoisotopic (exact) mass is 192 g/mol. The molecule has 0 spiro atoms. The molecule has 0 heterocycles. The van der Waals surface area contributed by atoms with E-state index < -0.39 is 5.97 Å². The van der Waals surface area contributed by atoms with Crippen molar-refractivity contribution in [1.29, 1.82) is 0 Å². The summed E-state index contributed by atoms with van der Waals surface area (Å²) in [5, 5.41) is 8.78. The van der Waals surface area contributed by atoms with Crippen molar-refractivity contribution in [2.45, 2.75) is 12.3 Å². The summed E-state index contributed by atoms with van der Waals surface area (Å²) in [7, 11) is 1.61. The second kappa shape index (κ2) is 3.33. The summed E-state index contributed by atoms with van der Waals surface area (Å²) in [5.74, 6) is 0.0843. The lowest BCUT2D eigenvalue weighted by atomic mass is 10.1. The van der Waals surface area contributed by atoms with Gasteiger partial charge < -0.3 is 9.84 Å². The molecule has 1 N–H and O–H groups in total. The van der Waals surface area contributed by atoms with Crippen molar-refractivity contribution in [2.75, 3.05) is 7.11 Å². The van der Waals surface area contributed by atoms with Gasteiger partial charge in [-0.2, -0.15) is 0 Å². The topological polar surface area (TPSA) is 46.5 Å². The molecule has 1 aromatic carbocycles. The summed E-state index contributed by atoms with van der Waals surface area (Å²) in [5.41, 5.74) is 1.07. The Balaban J connectivity index is 2.15. The molecule has 1 aliphatic carbocycles. The standard InChI is InChI=1S/C11H12O3/c1-14-8-4-2-3-7(5-8)9-6-10(9)11(12)13/h2-5,9-10H,6H2,1H3,(H,12,13)/t9?,10-/m1/s1. The third-order valence-electron chi connectivity index (χ3n) is 2.63. The van der Waals surface area contributed by atoms with Gasteiger partial charge in [0.25, 0.3) is 0 Å². The highest BCUT2D eigenvalue weighted by molar-refractivity contribution is 5.75. The predicted molar refractivity (Wildman–Crippen MR) is 51.5 cm³/mol. The van der Waals surface area contributed by atoms with Crippen LogP contribution in [0.25, 0.3) is 0 Å². The Morgan fingerprint density at radius 2 is 2.36 bits per heavy atom. The van der Waals surface area contributed by atoms with Gasteiger partial charge in [0.15, 0.2) is 0 Å². The molecule has 14 heavy (non-hydrogen) atoms. The molecular formula is C11H12O3. The fraction of sp³-hybridized carbons (Fsp3) is 0.364. The number of ether oxygens (including phenoxy) is 1. The number of hydrogen-bond donors (Lipinski definition) is 1. The van der Waals surface area contributed by atoms with E-state index in [2.05, 4.69) is 0 Å². The fourth-order valence-corrected chi connectivity index (χ4v) is 1.71. The van der Waals surface area contributed by atoms with E-state index in [-0.39, 0.29) is 11.8 Å². The minimum absolute atomic E-state index is 0.183. The first kappa shape index (κ1) is 9.06. The molecule has 0 radical (unpaired) electrons. The Labute approximate surface area is 82.3 Å². The van der Waals surface area contributed by atoms with Gasteiger partial charge >= 0.3 is 5.97 Å². The lowest BCUT2D eigenvalue weighted by Crippen LogP contribution is -1.98. The van der Waals surface area contributed by atoms with E-state index >= 15 is 0 Å². The van der Waals surface area contributed by atoms with E-state index in [0.717, 1.165) is 17.7 Å². The summed E-state index contributed by atoms with van der Waals surface area (Å²) < 4.78 is 5.08. The lowest BCUT2D eigenvalue weighted by Gasteiger charge is -2.02. The third kappa shape index (κ3) is 1.58. The Bertz CT molecular complexity index is 359. The molecule has 0 aromatic heterocycles. The molecule has 1 aliphatic rings. The molecule has 0 aliphatic heterocycles. The van der Waals surface area contributed by atoms with E-state index in [9.17, 15) is 4.79 Å². The molecule has 3 heteroatoms. The highest BCUT2D eigenvalue weighted by atomic mass is 16.5. The Morgan fingerprint density at radius 3 is 2.93 bits per heavy atom. The van der Waals surface area contributed by atoms with Crippen molar-refractivity contribution in [3.8, 4) is 5.75 Å². The van der Waals surface area contributed by atoms with Crippen LogP contribution in [0.5, 0.6) is 5.75 Å². The predicted octanol–water partition coefficient (Wildman–Crippen LogP) is 1.88. The Kier molecular flexibility index (Phi) is 2.15. The van der Waals surface area contributed by atoms with Crippen LogP contribution in [0.4, 0.5) is 0 Å². The van der Waals surface area contributed by atoms with E-state index in [0.29, 0.717) is 0 Å². The van der Waals surface area contributed by atoms with Crippen LogP contribution in [-0.4, -0.2) is 18.2 Å². The average molecular weight is 192 g/mol. The fourth-order valence-electron chi connectivity index (χ4n) is 1.71. The molecular weight excluding hydrogens is 180 g/mol. The van der Waals surface area contributed by atoms with Gasteiger partial charge in [-0.3, -0.25) is 4.79 Å². The molecule has 1 aromatic rings. The van der Waals surface area contributed by atoms with Gasteiger partial charge in [-0.25, -0.2) is 0 Å². The van der Waals surface area contributed by atoms with Crippen molar-refractivity contribution in [3.63, 3.8) is 0 Å². The number of rotatable bonds is 3. The molecule has 2 atom stereocenters. The van der Waals surface area contributed by atoms with Crippen molar-refractivity contribution >= 4 is 5.97 Å². The third-order valence-corrected chi connectivity index (χ3v) is 2.63. The van der Waals surface area contributed by atoms with Crippen LogP contribution in [0.1, 0.15) is 17.9 Å².